The Labute approximate surface area is 168 Å². The Kier molecular flexibility index (Phi) is 4.39. The number of nitrogens with zero attached hydrogens (tertiary/aromatic N) is 5. The van der Waals surface area contributed by atoms with E-state index in [0.29, 0.717) is 28.3 Å². The van der Waals surface area contributed by atoms with Crippen LogP contribution < -0.4 is 0 Å². The van der Waals surface area contributed by atoms with Crippen molar-refractivity contribution in [2.24, 2.45) is 0 Å². The summed E-state index contributed by atoms with van der Waals surface area (Å²) in [4.78, 5) is 32.0. The summed E-state index contributed by atoms with van der Waals surface area (Å²) in [7, 11) is 0. The predicted molar refractivity (Wildman–Crippen MR) is 106 cm³/mol. The zero-order chi connectivity index (χ0) is 20.2. The van der Waals surface area contributed by atoms with Gasteiger partial charge in [-0.05, 0) is 45.7 Å². The molecule has 1 aliphatic rings. The summed E-state index contributed by atoms with van der Waals surface area (Å²) >= 11 is 6.26. The fourth-order valence-corrected chi connectivity index (χ4v) is 4.19. The van der Waals surface area contributed by atoms with E-state index in [1.54, 1.807) is 10.9 Å². The molecule has 1 atom stereocenters. The van der Waals surface area contributed by atoms with Crippen LogP contribution in [0.25, 0.3) is 11.2 Å². The van der Waals surface area contributed by atoms with E-state index in [-0.39, 0.29) is 5.91 Å². The van der Waals surface area contributed by atoms with Crippen molar-refractivity contribution >= 4 is 28.7 Å². The average molecular weight is 400 g/mol. The van der Waals surface area contributed by atoms with E-state index in [9.17, 15) is 4.79 Å². The summed E-state index contributed by atoms with van der Waals surface area (Å²) in [5.74, 6) is -0.144. The van der Waals surface area contributed by atoms with E-state index in [1.165, 1.54) is 11.4 Å². The molecule has 8 heteroatoms. The molecule has 0 bridgehead atoms. The highest BCUT2D eigenvalue weighted by Crippen LogP contribution is 2.40. The zero-order valence-electron chi connectivity index (χ0n) is 16.5. The molecule has 1 amide bonds. The third kappa shape index (κ3) is 2.95. The molecule has 7 nitrogen and oxygen atoms in total. The smallest absolute Gasteiger partial charge is 0.278 e. The van der Waals surface area contributed by atoms with Crippen molar-refractivity contribution in [3.63, 3.8) is 0 Å². The molecule has 1 aromatic carbocycles. The number of hydrogen-bond donors (Lipinski definition) is 0. The first-order valence-corrected chi connectivity index (χ1v) is 9.49. The van der Waals surface area contributed by atoms with Crippen LogP contribution in [0.4, 0.5) is 0 Å². The van der Waals surface area contributed by atoms with Crippen LogP contribution in [0.2, 0.25) is 5.15 Å². The quantitative estimate of drug-likeness (QED) is 0.605. The highest BCUT2D eigenvalue weighted by molar-refractivity contribution is 6.33. The first-order valence-electron chi connectivity index (χ1n) is 9.11. The van der Waals surface area contributed by atoms with Crippen molar-refractivity contribution in [3.05, 3.63) is 52.2 Å². The molecule has 0 aliphatic carbocycles. The number of benzene rings is 1. The summed E-state index contributed by atoms with van der Waals surface area (Å²) in [6.45, 7) is 9.90. The number of halogens is 1. The number of hydroxylamine groups is 2. The van der Waals surface area contributed by atoms with Crippen molar-refractivity contribution in [1.82, 2.24) is 24.6 Å². The van der Waals surface area contributed by atoms with Crippen LogP contribution in [-0.2, 0) is 4.84 Å². The molecule has 0 spiro atoms. The zero-order valence-corrected chi connectivity index (χ0v) is 17.3. The van der Waals surface area contributed by atoms with Gasteiger partial charge in [0.05, 0.1) is 11.9 Å². The van der Waals surface area contributed by atoms with Gasteiger partial charge in [0.15, 0.2) is 17.0 Å². The highest BCUT2D eigenvalue weighted by atomic mass is 35.5. The van der Waals surface area contributed by atoms with E-state index < -0.39 is 11.8 Å². The number of imidazole rings is 1. The maximum Gasteiger partial charge on any atom is 0.278 e. The van der Waals surface area contributed by atoms with E-state index in [4.69, 9.17) is 16.4 Å². The fraction of sp³-hybridized carbons (Fsp3) is 0.400. The Morgan fingerprint density at radius 2 is 1.86 bits per heavy atom. The van der Waals surface area contributed by atoms with Gasteiger partial charge in [-0.15, -0.1) is 0 Å². The van der Waals surface area contributed by atoms with E-state index >= 15 is 0 Å². The van der Waals surface area contributed by atoms with Gasteiger partial charge in [-0.25, -0.2) is 24.9 Å². The standard InChI is InChI=1S/C20H22ClN5O2/c1-11-6-12(2)15(13(3)7-11)19(27)26-20(4,5)8-14(28-26)25-10-24-18-16(25)17(21)22-9-23-18/h6-7,9-10,14H,8H2,1-5H3. The topological polar surface area (TPSA) is 73.1 Å². The van der Waals surface area contributed by atoms with Gasteiger partial charge in [0.2, 0.25) is 0 Å². The van der Waals surface area contributed by atoms with Gasteiger partial charge in [0.25, 0.3) is 5.91 Å². The number of aryl methyl sites for hydroxylation is 3. The minimum absolute atomic E-state index is 0.144. The number of rotatable bonds is 2. The van der Waals surface area contributed by atoms with Crippen molar-refractivity contribution in [2.45, 2.75) is 52.8 Å². The summed E-state index contributed by atoms with van der Waals surface area (Å²) in [6, 6.07) is 4.03. The van der Waals surface area contributed by atoms with Crippen molar-refractivity contribution < 1.29 is 9.63 Å². The summed E-state index contributed by atoms with van der Waals surface area (Å²) in [5, 5.41) is 1.78. The lowest BCUT2D eigenvalue weighted by molar-refractivity contribution is -0.161. The van der Waals surface area contributed by atoms with Crippen molar-refractivity contribution in [2.75, 3.05) is 0 Å². The van der Waals surface area contributed by atoms with E-state index in [0.717, 1.165) is 16.7 Å². The molecule has 0 N–H and O–H groups in total. The second-order valence-corrected chi connectivity index (χ2v) is 8.30. The molecule has 0 radical (unpaired) electrons. The van der Waals surface area contributed by atoms with Crippen molar-refractivity contribution in [1.29, 1.82) is 0 Å². The molecular formula is C20H22ClN5O2. The lowest BCUT2D eigenvalue weighted by Crippen LogP contribution is -2.42. The molecule has 146 valence electrons. The third-order valence-electron chi connectivity index (χ3n) is 5.16. The molecule has 1 aliphatic heterocycles. The number of carbonyl (C=O) groups excluding carboxylic acids is 1. The fourth-order valence-electron chi connectivity index (χ4n) is 3.96. The van der Waals surface area contributed by atoms with Gasteiger partial charge >= 0.3 is 0 Å². The molecule has 3 heterocycles. The van der Waals surface area contributed by atoms with Crippen molar-refractivity contribution in [3.8, 4) is 0 Å². The SMILES string of the molecule is Cc1cc(C)c(C(=O)N2OC(n3cnc4ncnc(Cl)c43)CC2(C)C)c(C)c1. The molecule has 2 aromatic heterocycles. The number of amides is 1. The van der Waals surface area contributed by atoms with Crippen LogP contribution in [0.3, 0.4) is 0 Å². The Hall–Kier alpha value is -2.51. The summed E-state index contributed by atoms with van der Waals surface area (Å²) in [6.07, 6.45) is 3.15. The number of fused-ring (bicyclic) bond motifs is 1. The van der Waals surface area contributed by atoms with Gasteiger partial charge in [-0.3, -0.25) is 9.36 Å². The number of aromatic nitrogens is 4. The van der Waals surface area contributed by atoms with Gasteiger partial charge in [0.1, 0.15) is 11.8 Å². The molecule has 0 saturated carbocycles. The molecule has 1 saturated heterocycles. The van der Waals surface area contributed by atoms with Crippen LogP contribution in [0.15, 0.2) is 24.8 Å². The van der Waals surface area contributed by atoms with Crippen LogP contribution in [0, 0.1) is 20.8 Å². The maximum atomic E-state index is 13.4. The van der Waals surface area contributed by atoms with E-state index in [1.807, 2.05) is 46.8 Å². The average Bonchev–Trinajstić information content (AvgIpc) is 3.15. The van der Waals surface area contributed by atoms with Crippen LogP contribution in [0.1, 0.15) is 53.5 Å². The predicted octanol–water partition coefficient (Wildman–Crippen LogP) is 4.16. The number of carbonyl (C=O) groups is 1. The summed E-state index contributed by atoms with van der Waals surface area (Å²) < 4.78 is 1.79. The Morgan fingerprint density at radius 1 is 1.18 bits per heavy atom. The molecule has 28 heavy (non-hydrogen) atoms. The maximum absolute atomic E-state index is 13.4. The Morgan fingerprint density at radius 3 is 2.54 bits per heavy atom. The minimum atomic E-state index is -0.510. The second kappa shape index (κ2) is 6.53. The second-order valence-electron chi connectivity index (χ2n) is 7.94. The Balaban J connectivity index is 1.72. The monoisotopic (exact) mass is 399 g/mol. The van der Waals surface area contributed by atoms with Gasteiger partial charge in [-0.2, -0.15) is 0 Å². The molecule has 4 rings (SSSR count). The molecule has 1 unspecified atom stereocenters. The third-order valence-corrected chi connectivity index (χ3v) is 5.43. The Bertz CT molecular complexity index is 1070. The molecule has 1 fully saturated rings. The van der Waals surface area contributed by atoms with E-state index in [2.05, 4.69) is 15.0 Å². The largest absolute Gasteiger partial charge is 0.297 e. The van der Waals surface area contributed by atoms with Gasteiger partial charge in [-0.1, -0.05) is 29.3 Å². The first-order chi connectivity index (χ1) is 13.2. The molecule has 3 aromatic rings. The van der Waals surface area contributed by atoms with Crippen LogP contribution in [-0.4, -0.2) is 36.0 Å². The molecular weight excluding hydrogens is 378 g/mol. The van der Waals surface area contributed by atoms with Crippen LogP contribution >= 0.6 is 11.6 Å². The first kappa shape index (κ1) is 18.8. The summed E-state index contributed by atoms with van der Waals surface area (Å²) in [5.41, 5.74) is 4.27. The lowest BCUT2D eigenvalue weighted by Gasteiger charge is -2.29. The normalized spacial score (nSPS) is 18.8. The number of hydrogen-bond acceptors (Lipinski definition) is 5. The lowest BCUT2D eigenvalue weighted by atomic mass is 9.96. The van der Waals surface area contributed by atoms with Gasteiger partial charge < -0.3 is 0 Å². The minimum Gasteiger partial charge on any atom is -0.297 e. The van der Waals surface area contributed by atoms with Crippen LogP contribution in [0.5, 0.6) is 0 Å². The highest BCUT2D eigenvalue weighted by Gasteiger charge is 2.45. The van der Waals surface area contributed by atoms with Gasteiger partial charge in [0, 0.05) is 12.0 Å².